The van der Waals surface area contributed by atoms with Gasteiger partial charge < -0.3 is 21.1 Å². The van der Waals surface area contributed by atoms with Gasteiger partial charge in [0.15, 0.2) is 11.5 Å². The highest BCUT2D eigenvalue weighted by Crippen LogP contribution is 2.35. The van der Waals surface area contributed by atoms with Crippen LogP contribution in [0.5, 0.6) is 11.5 Å². The van der Waals surface area contributed by atoms with Crippen molar-refractivity contribution < 1.29 is 15.3 Å². The molecule has 0 spiro atoms. The topological polar surface area (TPSA) is 86.7 Å². The standard InChI is InChI=1S/C8H10ClNO3/c9-5-1-4(7(12)3-10)2-6(11)8(5)13/h1-2,7,11-13H,3,10H2. The molecule has 1 atom stereocenters. The van der Waals surface area contributed by atoms with Crippen molar-refractivity contribution in [2.24, 2.45) is 5.73 Å². The highest BCUT2D eigenvalue weighted by atomic mass is 35.5. The first-order valence-corrected chi connectivity index (χ1v) is 4.03. The molecule has 72 valence electrons. The lowest BCUT2D eigenvalue weighted by atomic mass is 10.1. The maximum absolute atomic E-state index is 9.29. The van der Waals surface area contributed by atoms with Gasteiger partial charge >= 0.3 is 0 Å². The highest BCUT2D eigenvalue weighted by Gasteiger charge is 2.11. The van der Waals surface area contributed by atoms with Crippen LogP contribution in [0.3, 0.4) is 0 Å². The average molecular weight is 204 g/mol. The molecule has 0 aliphatic rings. The van der Waals surface area contributed by atoms with Crippen LogP contribution >= 0.6 is 11.6 Å². The zero-order valence-corrected chi connectivity index (χ0v) is 7.49. The quantitative estimate of drug-likeness (QED) is 0.534. The lowest BCUT2D eigenvalue weighted by Crippen LogP contribution is -2.11. The number of phenols is 2. The Kier molecular flexibility index (Phi) is 2.98. The van der Waals surface area contributed by atoms with E-state index < -0.39 is 11.9 Å². The fourth-order valence-corrected chi connectivity index (χ4v) is 1.16. The van der Waals surface area contributed by atoms with Gasteiger partial charge in [-0.1, -0.05) is 11.6 Å². The van der Waals surface area contributed by atoms with Gasteiger partial charge in [-0.2, -0.15) is 0 Å². The number of hydrogen-bond donors (Lipinski definition) is 4. The number of rotatable bonds is 2. The van der Waals surface area contributed by atoms with Gasteiger partial charge in [0.05, 0.1) is 11.1 Å². The van der Waals surface area contributed by atoms with Crippen molar-refractivity contribution in [1.82, 2.24) is 0 Å². The second kappa shape index (κ2) is 3.83. The van der Waals surface area contributed by atoms with Crippen LogP contribution in [-0.2, 0) is 0 Å². The summed E-state index contributed by atoms with van der Waals surface area (Å²) in [5.74, 6) is -0.760. The number of aliphatic hydroxyl groups is 1. The molecule has 13 heavy (non-hydrogen) atoms. The number of benzene rings is 1. The average Bonchev–Trinajstić information content (AvgIpc) is 2.12. The molecule has 1 unspecified atom stereocenters. The molecule has 0 aliphatic heterocycles. The summed E-state index contributed by atoms with van der Waals surface area (Å²) in [6, 6.07) is 2.58. The molecule has 4 nitrogen and oxygen atoms in total. The second-order valence-electron chi connectivity index (χ2n) is 2.62. The van der Waals surface area contributed by atoms with Crippen molar-refractivity contribution >= 4 is 11.6 Å². The Labute approximate surface area is 80.2 Å². The number of halogens is 1. The summed E-state index contributed by atoms with van der Waals surface area (Å²) in [6.45, 7) is 0.0283. The molecule has 0 aliphatic carbocycles. The predicted octanol–water partition coefficient (Wildman–Crippen LogP) is 0.743. The molecular weight excluding hydrogens is 194 g/mol. The van der Waals surface area contributed by atoms with Crippen LogP contribution in [0.2, 0.25) is 5.02 Å². The summed E-state index contributed by atoms with van der Waals surface area (Å²) in [4.78, 5) is 0. The predicted molar refractivity (Wildman–Crippen MR) is 48.8 cm³/mol. The van der Waals surface area contributed by atoms with E-state index in [1.54, 1.807) is 0 Å². The lowest BCUT2D eigenvalue weighted by Gasteiger charge is -2.09. The van der Waals surface area contributed by atoms with Crippen LogP contribution in [0.15, 0.2) is 12.1 Å². The summed E-state index contributed by atoms with van der Waals surface area (Å²) in [7, 11) is 0. The highest BCUT2D eigenvalue weighted by molar-refractivity contribution is 6.32. The van der Waals surface area contributed by atoms with Crippen molar-refractivity contribution in [3.8, 4) is 11.5 Å². The lowest BCUT2D eigenvalue weighted by molar-refractivity contribution is 0.186. The Balaban J connectivity index is 3.13. The third-order valence-electron chi connectivity index (χ3n) is 1.67. The van der Waals surface area contributed by atoms with Gasteiger partial charge in [-0.15, -0.1) is 0 Å². The van der Waals surface area contributed by atoms with Crippen molar-refractivity contribution in [2.75, 3.05) is 6.54 Å². The first-order valence-electron chi connectivity index (χ1n) is 3.65. The number of phenolic OH excluding ortho intramolecular Hbond substituents is 2. The van der Waals surface area contributed by atoms with Crippen LogP contribution in [0, 0.1) is 0 Å². The summed E-state index contributed by atoms with van der Waals surface area (Å²) in [5, 5.41) is 27.5. The van der Waals surface area contributed by atoms with E-state index >= 15 is 0 Å². The summed E-state index contributed by atoms with van der Waals surface area (Å²) >= 11 is 5.56. The maximum Gasteiger partial charge on any atom is 0.176 e. The van der Waals surface area contributed by atoms with Gasteiger partial charge in [-0.3, -0.25) is 0 Å². The molecule has 0 heterocycles. The number of hydrogen-bond acceptors (Lipinski definition) is 4. The van der Waals surface area contributed by atoms with Crippen LogP contribution < -0.4 is 5.73 Å². The number of nitrogens with two attached hydrogens (primary N) is 1. The molecule has 0 saturated carbocycles. The summed E-state index contributed by atoms with van der Waals surface area (Å²) < 4.78 is 0. The Morgan fingerprint density at radius 1 is 1.38 bits per heavy atom. The minimum atomic E-state index is -0.885. The normalized spacial score (nSPS) is 12.8. The van der Waals surface area contributed by atoms with Gasteiger partial charge in [0.2, 0.25) is 0 Å². The van der Waals surface area contributed by atoms with Crippen molar-refractivity contribution in [1.29, 1.82) is 0 Å². The van der Waals surface area contributed by atoms with Gasteiger partial charge in [0.1, 0.15) is 0 Å². The molecule has 0 amide bonds. The Hall–Kier alpha value is -0.970. The second-order valence-corrected chi connectivity index (χ2v) is 3.03. The molecule has 1 aromatic rings. The molecule has 0 radical (unpaired) electrons. The van der Waals surface area contributed by atoms with E-state index in [-0.39, 0.29) is 17.3 Å². The van der Waals surface area contributed by atoms with Crippen LogP contribution in [0.4, 0.5) is 0 Å². The number of aromatic hydroxyl groups is 2. The molecule has 5 N–H and O–H groups in total. The Bertz CT molecular complexity index is 293. The van der Waals surface area contributed by atoms with Crippen molar-refractivity contribution in [3.05, 3.63) is 22.7 Å². The molecule has 0 fully saturated rings. The fourth-order valence-electron chi connectivity index (χ4n) is 0.933. The SMILES string of the molecule is NCC(O)c1cc(O)c(O)c(Cl)c1. The van der Waals surface area contributed by atoms with Gasteiger partial charge in [-0.25, -0.2) is 0 Å². The van der Waals surface area contributed by atoms with E-state index in [1.165, 1.54) is 12.1 Å². The van der Waals surface area contributed by atoms with Crippen LogP contribution in [-0.4, -0.2) is 21.9 Å². The number of aliphatic hydroxyl groups excluding tert-OH is 1. The van der Waals surface area contributed by atoms with Gasteiger partial charge in [-0.05, 0) is 17.7 Å². The van der Waals surface area contributed by atoms with E-state index in [0.29, 0.717) is 5.56 Å². The Morgan fingerprint density at radius 3 is 2.46 bits per heavy atom. The summed E-state index contributed by atoms with van der Waals surface area (Å²) in [6.07, 6.45) is -0.885. The smallest absolute Gasteiger partial charge is 0.176 e. The summed E-state index contributed by atoms with van der Waals surface area (Å²) in [5.41, 5.74) is 5.58. The van der Waals surface area contributed by atoms with Gasteiger partial charge in [0.25, 0.3) is 0 Å². The van der Waals surface area contributed by atoms with Crippen molar-refractivity contribution in [2.45, 2.75) is 6.10 Å². The minimum Gasteiger partial charge on any atom is -0.504 e. The minimum absolute atomic E-state index is 0.0116. The molecule has 1 aromatic carbocycles. The van der Waals surface area contributed by atoms with E-state index in [1.807, 2.05) is 0 Å². The molecule has 0 bridgehead atoms. The zero-order valence-electron chi connectivity index (χ0n) is 6.74. The first-order chi connectivity index (χ1) is 6.06. The first kappa shape index (κ1) is 10.1. The van der Waals surface area contributed by atoms with E-state index in [0.717, 1.165) is 0 Å². The molecule has 1 rings (SSSR count). The maximum atomic E-state index is 9.29. The Morgan fingerprint density at radius 2 is 2.00 bits per heavy atom. The molecule has 5 heteroatoms. The van der Waals surface area contributed by atoms with E-state index in [4.69, 9.17) is 27.5 Å². The molecular formula is C8H10ClNO3. The largest absolute Gasteiger partial charge is 0.504 e. The molecule has 0 aromatic heterocycles. The fraction of sp³-hybridized carbons (Fsp3) is 0.250. The third kappa shape index (κ3) is 2.03. The van der Waals surface area contributed by atoms with Crippen LogP contribution in [0.25, 0.3) is 0 Å². The molecule has 0 saturated heterocycles. The van der Waals surface area contributed by atoms with E-state index in [9.17, 15) is 5.11 Å². The zero-order chi connectivity index (χ0) is 10.0. The van der Waals surface area contributed by atoms with E-state index in [2.05, 4.69) is 0 Å². The van der Waals surface area contributed by atoms with Crippen molar-refractivity contribution in [3.63, 3.8) is 0 Å². The van der Waals surface area contributed by atoms with Gasteiger partial charge in [0, 0.05) is 6.54 Å². The van der Waals surface area contributed by atoms with Crippen LogP contribution in [0.1, 0.15) is 11.7 Å². The third-order valence-corrected chi connectivity index (χ3v) is 1.96. The monoisotopic (exact) mass is 203 g/mol.